The molecule has 0 heterocycles. The first-order valence-electron chi connectivity index (χ1n) is 2.93. The Morgan fingerprint density at radius 1 is 1.25 bits per heavy atom. The first-order chi connectivity index (χ1) is 3.21. The van der Waals surface area contributed by atoms with Gasteiger partial charge in [-0.05, 0) is 19.8 Å². The summed E-state index contributed by atoms with van der Waals surface area (Å²) in [6.07, 6.45) is 4.44. The van der Waals surface area contributed by atoms with Crippen molar-refractivity contribution >= 4 is 12.4 Å². The molecule has 1 aliphatic rings. The van der Waals surface area contributed by atoms with E-state index in [0.29, 0.717) is 0 Å². The molecule has 1 aliphatic carbocycles. The fourth-order valence-corrected chi connectivity index (χ4v) is 1.14. The number of hydrogen-bond donors (Lipinski definition) is 1. The lowest BCUT2D eigenvalue weighted by Crippen LogP contribution is -2.17. The summed E-state index contributed by atoms with van der Waals surface area (Å²) in [6.45, 7) is 1.92. The molecule has 0 saturated heterocycles. The molecule has 50 valence electrons. The summed E-state index contributed by atoms with van der Waals surface area (Å²) < 4.78 is 0. The highest BCUT2D eigenvalue weighted by Crippen LogP contribution is 2.27. The quantitative estimate of drug-likeness (QED) is 0.538. The molecule has 0 aromatic heterocycles. The van der Waals surface area contributed by atoms with Crippen molar-refractivity contribution in [3.63, 3.8) is 0 Å². The fraction of sp³-hybridized carbons (Fsp3) is 1.00. The zero-order chi connectivity index (χ0) is 5.33. The average molecular weight is 137 g/mol. The molecule has 1 nitrogen and oxygen atoms in total. The molecular weight excluding hydrogens is 124 g/mol. The topological polar surface area (TPSA) is 20.2 Å². The van der Waals surface area contributed by atoms with Gasteiger partial charge in [-0.3, -0.25) is 0 Å². The van der Waals surface area contributed by atoms with Crippen LogP contribution in [0.3, 0.4) is 0 Å². The lowest BCUT2D eigenvalue weighted by molar-refractivity contribution is 0.0681. The Bertz CT molecular complexity index is 62.9. The van der Waals surface area contributed by atoms with E-state index in [1.165, 1.54) is 12.8 Å². The van der Waals surface area contributed by atoms with E-state index in [-0.39, 0.29) is 18.0 Å². The Labute approximate surface area is 56.5 Å². The van der Waals surface area contributed by atoms with E-state index in [2.05, 4.69) is 0 Å². The molecule has 0 amide bonds. The minimum absolute atomic E-state index is 0. The summed E-state index contributed by atoms with van der Waals surface area (Å²) >= 11 is 0. The van der Waals surface area contributed by atoms with Gasteiger partial charge in [0, 0.05) is 0 Å². The normalized spacial score (nSPS) is 24.8. The molecule has 1 N–H and O–H groups in total. The van der Waals surface area contributed by atoms with Gasteiger partial charge in [-0.25, -0.2) is 0 Å². The predicted octanol–water partition coefficient (Wildman–Crippen LogP) is 1.73. The summed E-state index contributed by atoms with van der Waals surface area (Å²) in [5, 5.41) is 9.19. The van der Waals surface area contributed by atoms with E-state index in [0.717, 1.165) is 12.8 Å². The third-order valence-corrected chi connectivity index (χ3v) is 1.68. The summed E-state index contributed by atoms with van der Waals surface area (Å²) in [5.74, 6) is 0. The van der Waals surface area contributed by atoms with Crippen LogP contribution in [-0.2, 0) is 0 Å². The van der Waals surface area contributed by atoms with Gasteiger partial charge in [0.1, 0.15) is 0 Å². The van der Waals surface area contributed by atoms with Crippen LogP contribution in [0.2, 0.25) is 0 Å². The standard InChI is InChI=1S/C6H12O.ClH/c1-6(7)4-2-3-5-6;/h7H,2-5H2,1H3;1H. The molecule has 1 fully saturated rings. The van der Waals surface area contributed by atoms with Crippen LogP contribution in [0.1, 0.15) is 32.6 Å². The van der Waals surface area contributed by atoms with E-state index in [9.17, 15) is 5.11 Å². The zero-order valence-corrected chi connectivity index (χ0v) is 6.00. The molecule has 0 aliphatic heterocycles. The van der Waals surface area contributed by atoms with Gasteiger partial charge < -0.3 is 5.11 Å². The number of rotatable bonds is 0. The van der Waals surface area contributed by atoms with Crippen LogP contribution < -0.4 is 0 Å². The molecule has 1 saturated carbocycles. The summed E-state index contributed by atoms with van der Waals surface area (Å²) in [7, 11) is 0. The molecule has 0 unspecified atom stereocenters. The Kier molecular flexibility index (Phi) is 2.78. The Morgan fingerprint density at radius 2 is 1.62 bits per heavy atom. The molecular formula is C6H13ClO. The van der Waals surface area contributed by atoms with Crippen LogP contribution in [0.5, 0.6) is 0 Å². The number of hydrogen-bond acceptors (Lipinski definition) is 1. The zero-order valence-electron chi connectivity index (χ0n) is 5.18. The molecule has 1 rings (SSSR count). The van der Waals surface area contributed by atoms with Crippen molar-refractivity contribution < 1.29 is 5.11 Å². The Balaban J connectivity index is 0.000000490. The maximum absolute atomic E-state index is 9.19. The third-order valence-electron chi connectivity index (χ3n) is 1.68. The number of aliphatic hydroxyl groups is 1. The minimum atomic E-state index is -0.306. The smallest absolute Gasteiger partial charge is 0.0619 e. The first kappa shape index (κ1) is 8.25. The van der Waals surface area contributed by atoms with Crippen molar-refractivity contribution in [2.75, 3.05) is 0 Å². The molecule has 2 heteroatoms. The summed E-state index contributed by atoms with van der Waals surface area (Å²) in [6, 6.07) is 0. The lowest BCUT2D eigenvalue weighted by atomic mass is 10.1. The molecule has 0 atom stereocenters. The highest BCUT2D eigenvalue weighted by Gasteiger charge is 2.24. The minimum Gasteiger partial charge on any atom is -0.390 e. The van der Waals surface area contributed by atoms with E-state index < -0.39 is 0 Å². The summed E-state index contributed by atoms with van der Waals surface area (Å²) in [4.78, 5) is 0. The van der Waals surface area contributed by atoms with Crippen LogP contribution in [0.4, 0.5) is 0 Å². The molecule has 8 heavy (non-hydrogen) atoms. The van der Waals surface area contributed by atoms with Crippen molar-refractivity contribution in [1.82, 2.24) is 0 Å². The van der Waals surface area contributed by atoms with Gasteiger partial charge in [-0.15, -0.1) is 12.4 Å². The van der Waals surface area contributed by atoms with Crippen molar-refractivity contribution in [2.45, 2.75) is 38.2 Å². The highest BCUT2D eigenvalue weighted by atomic mass is 35.5. The fourth-order valence-electron chi connectivity index (χ4n) is 1.14. The van der Waals surface area contributed by atoms with E-state index in [1.54, 1.807) is 0 Å². The van der Waals surface area contributed by atoms with Gasteiger partial charge in [0.25, 0.3) is 0 Å². The van der Waals surface area contributed by atoms with Crippen LogP contribution in [0.25, 0.3) is 0 Å². The molecule has 0 bridgehead atoms. The average Bonchev–Trinajstić information content (AvgIpc) is 1.84. The largest absolute Gasteiger partial charge is 0.390 e. The van der Waals surface area contributed by atoms with Crippen LogP contribution >= 0.6 is 12.4 Å². The summed E-state index contributed by atoms with van der Waals surface area (Å²) in [5.41, 5.74) is -0.306. The highest BCUT2D eigenvalue weighted by molar-refractivity contribution is 5.85. The van der Waals surface area contributed by atoms with Gasteiger partial charge in [-0.1, -0.05) is 12.8 Å². The van der Waals surface area contributed by atoms with Crippen molar-refractivity contribution in [1.29, 1.82) is 0 Å². The van der Waals surface area contributed by atoms with Gasteiger partial charge in [0.05, 0.1) is 5.60 Å². The number of halogens is 1. The van der Waals surface area contributed by atoms with Crippen molar-refractivity contribution in [3.8, 4) is 0 Å². The first-order valence-corrected chi connectivity index (χ1v) is 2.93. The second-order valence-corrected chi connectivity index (χ2v) is 2.70. The third kappa shape index (κ3) is 2.01. The lowest BCUT2D eigenvalue weighted by Gasteiger charge is -2.12. The van der Waals surface area contributed by atoms with Crippen molar-refractivity contribution in [2.24, 2.45) is 0 Å². The van der Waals surface area contributed by atoms with Crippen molar-refractivity contribution in [3.05, 3.63) is 0 Å². The van der Waals surface area contributed by atoms with Gasteiger partial charge in [-0.2, -0.15) is 0 Å². The van der Waals surface area contributed by atoms with Gasteiger partial charge in [0.15, 0.2) is 0 Å². The molecule has 0 spiro atoms. The second kappa shape index (κ2) is 2.70. The Morgan fingerprint density at radius 3 is 1.75 bits per heavy atom. The van der Waals surface area contributed by atoms with E-state index in [4.69, 9.17) is 0 Å². The van der Waals surface area contributed by atoms with Gasteiger partial charge >= 0.3 is 0 Å². The Hall–Kier alpha value is 0.250. The van der Waals surface area contributed by atoms with Crippen LogP contribution in [0, 0.1) is 0 Å². The SMILES string of the molecule is CC1(O)CCCC1.Cl. The second-order valence-electron chi connectivity index (χ2n) is 2.70. The predicted molar refractivity (Wildman–Crippen MR) is 36.3 cm³/mol. The van der Waals surface area contributed by atoms with Gasteiger partial charge in [0.2, 0.25) is 0 Å². The molecule has 0 aromatic carbocycles. The molecule has 0 aromatic rings. The van der Waals surface area contributed by atoms with Crippen LogP contribution in [-0.4, -0.2) is 10.7 Å². The maximum atomic E-state index is 9.19. The monoisotopic (exact) mass is 136 g/mol. The molecule has 0 radical (unpaired) electrons. The van der Waals surface area contributed by atoms with E-state index >= 15 is 0 Å². The van der Waals surface area contributed by atoms with E-state index in [1.807, 2.05) is 6.92 Å². The van der Waals surface area contributed by atoms with Crippen LogP contribution in [0.15, 0.2) is 0 Å². The maximum Gasteiger partial charge on any atom is 0.0619 e.